The van der Waals surface area contributed by atoms with Gasteiger partial charge in [0.05, 0.1) is 6.54 Å². The predicted octanol–water partition coefficient (Wildman–Crippen LogP) is 1.31. The second-order valence-electron chi connectivity index (χ2n) is 4.31. The minimum Gasteiger partial charge on any atom is -0.352 e. The molecular weight excluding hydrogens is 162 g/mol. The van der Waals surface area contributed by atoms with Crippen LogP contribution < -0.4 is 5.32 Å². The van der Waals surface area contributed by atoms with Crippen LogP contribution in [0.25, 0.3) is 0 Å². The lowest BCUT2D eigenvalue weighted by molar-refractivity contribution is 0.302. The number of hydrogen-bond donors (Lipinski definition) is 1. The van der Waals surface area contributed by atoms with Gasteiger partial charge in [-0.1, -0.05) is 13.8 Å². The SMILES string of the molecule is CC1CN=C(N(C)C(C)C(C)C)N1. The monoisotopic (exact) mass is 183 g/mol. The van der Waals surface area contributed by atoms with Crippen LogP contribution in [0.4, 0.5) is 0 Å². The normalized spacial score (nSPS) is 24.2. The van der Waals surface area contributed by atoms with E-state index in [1.165, 1.54) is 0 Å². The van der Waals surface area contributed by atoms with Crippen LogP contribution in [-0.2, 0) is 0 Å². The molecule has 13 heavy (non-hydrogen) atoms. The van der Waals surface area contributed by atoms with Crippen molar-refractivity contribution in [2.75, 3.05) is 13.6 Å². The second-order valence-corrected chi connectivity index (χ2v) is 4.31. The highest BCUT2D eigenvalue weighted by atomic mass is 15.3. The first-order valence-corrected chi connectivity index (χ1v) is 5.06. The molecule has 0 aliphatic carbocycles. The van der Waals surface area contributed by atoms with Gasteiger partial charge in [-0.25, -0.2) is 0 Å². The number of aliphatic imine (C=N–C) groups is 1. The summed E-state index contributed by atoms with van der Waals surface area (Å²) in [6.07, 6.45) is 0. The highest BCUT2D eigenvalue weighted by Gasteiger charge is 2.21. The van der Waals surface area contributed by atoms with Crippen molar-refractivity contribution in [2.45, 2.75) is 39.8 Å². The molecule has 0 spiro atoms. The Kier molecular flexibility index (Phi) is 3.17. The Morgan fingerprint density at radius 3 is 2.46 bits per heavy atom. The lowest BCUT2D eigenvalue weighted by atomic mass is 10.1. The molecule has 1 rings (SSSR count). The Morgan fingerprint density at radius 2 is 2.08 bits per heavy atom. The molecule has 0 saturated carbocycles. The molecule has 2 unspecified atom stereocenters. The van der Waals surface area contributed by atoms with E-state index < -0.39 is 0 Å². The molecule has 1 heterocycles. The molecule has 2 atom stereocenters. The minimum atomic E-state index is 0.497. The van der Waals surface area contributed by atoms with E-state index >= 15 is 0 Å². The smallest absolute Gasteiger partial charge is 0.194 e. The predicted molar refractivity (Wildman–Crippen MR) is 57.0 cm³/mol. The number of nitrogens with zero attached hydrogens (tertiary/aromatic N) is 2. The summed E-state index contributed by atoms with van der Waals surface area (Å²) < 4.78 is 0. The first kappa shape index (κ1) is 10.4. The Hall–Kier alpha value is -0.730. The van der Waals surface area contributed by atoms with Crippen LogP contribution in [0.5, 0.6) is 0 Å². The van der Waals surface area contributed by atoms with Gasteiger partial charge in [-0.05, 0) is 19.8 Å². The molecule has 1 N–H and O–H groups in total. The van der Waals surface area contributed by atoms with Gasteiger partial charge in [0.15, 0.2) is 5.96 Å². The van der Waals surface area contributed by atoms with Gasteiger partial charge in [0.25, 0.3) is 0 Å². The zero-order chi connectivity index (χ0) is 10.0. The number of nitrogens with one attached hydrogen (secondary N) is 1. The molecule has 1 aliphatic rings. The van der Waals surface area contributed by atoms with Crippen LogP contribution in [0.1, 0.15) is 27.7 Å². The van der Waals surface area contributed by atoms with Crippen molar-refractivity contribution in [3.05, 3.63) is 0 Å². The summed E-state index contributed by atoms with van der Waals surface area (Å²) in [5.74, 6) is 1.71. The van der Waals surface area contributed by atoms with Gasteiger partial charge in [0.1, 0.15) is 0 Å². The van der Waals surface area contributed by atoms with E-state index in [9.17, 15) is 0 Å². The summed E-state index contributed by atoms with van der Waals surface area (Å²) >= 11 is 0. The van der Waals surface area contributed by atoms with Gasteiger partial charge < -0.3 is 10.2 Å². The summed E-state index contributed by atoms with van der Waals surface area (Å²) in [6, 6.07) is 1.04. The van der Waals surface area contributed by atoms with Gasteiger partial charge >= 0.3 is 0 Å². The van der Waals surface area contributed by atoms with Crippen LogP contribution in [-0.4, -0.2) is 36.5 Å². The van der Waals surface area contributed by atoms with E-state index in [1.807, 2.05) is 0 Å². The molecular formula is C10H21N3. The quantitative estimate of drug-likeness (QED) is 0.699. The Bertz CT molecular complexity index is 198. The fourth-order valence-electron chi connectivity index (χ4n) is 1.39. The maximum atomic E-state index is 4.45. The van der Waals surface area contributed by atoms with Crippen LogP contribution in [0.15, 0.2) is 4.99 Å². The number of guanidine groups is 1. The summed E-state index contributed by atoms with van der Waals surface area (Å²) in [7, 11) is 2.11. The van der Waals surface area contributed by atoms with Crippen LogP contribution in [0.3, 0.4) is 0 Å². The van der Waals surface area contributed by atoms with Crippen LogP contribution >= 0.6 is 0 Å². The van der Waals surface area contributed by atoms with Crippen molar-refractivity contribution in [1.29, 1.82) is 0 Å². The average molecular weight is 183 g/mol. The van der Waals surface area contributed by atoms with Crippen molar-refractivity contribution in [3.8, 4) is 0 Å². The van der Waals surface area contributed by atoms with Gasteiger partial charge in [0.2, 0.25) is 0 Å². The first-order chi connectivity index (χ1) is 6.02. The third-order valence-corrected chi connectivity index (χ3v) is 2.80. The molecule has 3 nitrogen and oxygen atoms in total. The van der Waals surface area contributed by atoms with Crippen molar-refractivity contribution in [2.24, 2.45) is 10.9 Å². The third kappa shape index (κ3) is 2.36. The van der Waals surface area contributed by atoms with E-state index in [1.54, 1.807) is 0 Å². The fourth-order valence-corrected chi connectivity index (χ4v) is 1.39. The summed E-state index contributed by atoms with van der Waals surface area (Å²) in [5, 5.41) is 3.37. The van der Waals surface area contributed by atoms with Crippen LogP contribution in [0.2, 0.25) is 0 Å². The maximum Gasteiger partial charge on any atom is 0.194 e. The molecule has 0 bridgehead atoms. The van der Waals surface area contributed by atoms with E-state index in [-0.39, 0.29) is 0 Å². The molecule has 0 aromatic heterocycles. The van der Waals surface area contributed by atoms with Crippen molar-refractivity contribution in [1.82, 2.24) is 10.2 Å². The van der Waals surface area contributed by atoms with Gasteiger partial charge in [0, 0.05) is 19.1 Å². The number of hydrogen-bond acceptors (Lipinski definition) is 3. The fraction of sp³-hybridized carbons (Fsp3) is 0.900. The molecule has 1 aliphatic heterocycles. The van der Waals surface area contributed by atoms with Gasteiger partial charge in [-0.3, -0.25) is 4.99 Å². The summed E-state index contributed by atoms with van der Waals surface area (Å²) in [6.45, 7) is 9.77. The van der Waals surface area contributed by atoms with Gasteiger partial charge in [-0.15, -0.1) is 0 Å². The molecule has 0 amide bonds. The largest absolute Gasteiger partial charge is 0.352 e. The van der Waals surface area contributed by atoms with Crippen LogP contribution in [0, 0.1) is 5.92 Å². The molecule has 0 aromatic carbocycles. The molecule has 0 saturated heterocycles. The Balaban J connectivity index is 2.53. The zero-order valence-corrected chi connectivity index (χ0v) is 9.33. The average Bonchev–Trinajstić information content (AvgIpc) is 2.49. The molecule has 0 fully saturated rings. The summed E-state index contributed by atoms with van der Waals surface area (Å²) in [4.78, 5) is 6.68. The lowest BCUT2D eigenvalue weighted by Crippen LogP contribution is -2.45. The highest BCUT2D eigenvalue weighted by Crippen LogP contribution is 2.10. The lowest BCUT2D eigenvalue weighted by Gasteiger charge is -2.29. The van der Waals surface area contributed by atoms with E-state index in [0.717, 1.165) is 12.5 Å². The molecule has 3 heteroatoms. The first-order valence-electron chi connectivity index (χ1n) is 5.06. The maximum absolute atomic E-state index is 4.45. The van der Waals surface area contributed by atoms with Crippen molar-refractivity contribution >= 4 is 5.96 Å². The topological polar surface area (TPSA) is 27.6 Å². The third-order valence-electron chi connectivity index (χ3n) is 2.80. The summed E-state index contributed by atoms with van der Waals surface area (Å²) in [5.41, 5.74) is 0. The van der Waals surface area contributed by atoms with Crippen molar-refractivity contribution < 1.29 is 0 Å². The highest BCUT2D eigenvalue weighted by molar-refractivity contribution is 5.81. The Morgan fingerprint density at radius 1 is 1.46 bits per heavy atom. The zero-order valence-electron chi connectivity index (χ0n) is 9.33. The standard InChI is InChI=1S/C10H21N3/c1-7(2)9(4)13(5)10-11-6-8(3)12-10/h7-9H,6H2,1-5H3,(H,11,12). The molecule has 0 aromatic rings. The molecule has 0 radical (unpaired) electrons. The van der Waals surface area contributed by atoms with Crippen molar-refractivity contribution in [3.63, 3.8) is 0 Å². The Labute approximate surface area is 81.2 Å². The van der Waals surface area contributed by atoms with E-state index in [0.29, 0.717) is 18.0 Å². The van der Waals surface area contributed by atoms with Gasteiger partial charge in [-0.2, -0.15) is 0 Å². The minimum absolute atomic E-state index is 0.497. The van der Waals surface area contributed by atoms with E-state index in [2.05, 4.69) is 50.0 Å². The number of rotatable bonds is 2. The molecule has 76 valence electrons. The second kappa shape index (κ2) is 3.99. The van der Waals surface area contributed by atoms with E-state index in [4.69, 9.17) is 0 Å².